The van der Waals surface area contributed by atoms with Crippen molar-refractivity contribution in [3.8, 4) is 34.2 Å². The van der Waals surface area contributed by atoms with Crippen LogP contribution in [-0.4, -0.2) is 29.1 Å². The van der Waals surface area contributed by atoms with Crippen LogP contribution < -0.4 is 0 Å². The summed E-state index contributed by atoms with van der Waals surface area (Å²) >= 11 is 0. The van der Waals surface area contributed by atoms with Gasteiger partial charge in [0.2, 0.25) is 0 Å². The van der Waals surface area contributed by atoms with E-state index in [-0.39, 0.29) is 0 Å². The maximum Gasteiger partial charge on any atom is 0.138 e. The number of fused-ring (bicyclic) bond motifs is 7. The Morgan fingerprint density at radius 3 is 1.91 bits per heavy atom. The molecule has 0 aliphatic heterocycles. The van der Waals surface area contributed by atoms with Gasteiger partial charge in [-0.05, 0) is 91.9 Å². The highest BCUT2D eigenvalue weighted by Gasteiger charge is 2.26. The van der Waals surface area contributed by atoms with Gasteiger partial charge in [0.15, 0.2) is 0 Å². The third-order valence-electron chi connectivity index (χ3n) is 8.91. The molecule has 8 aromatic rings. The summed E-state index contributed by atoms with van der Waals surface area (Å²) < 4.78 is 4.77. The molecule has 0 N–H and O–H groups in total. The van der Waals surface area contributed by atoms with Crippen LogP contribution in [0, 0.1) is 0 Å². The monoisotopic (exact) mass is 568 g/mol. The molecule has 6 heteroatoms. The molecule has 210 valence electrons. The van der Waals surface area contributed by atoms with Crippen molar-refractivity contribution >= 4 is 32.7 Å². The minimum Gasteiger partial charge on any atom is -0.298 e. The lowest BCUT2D eigenvalue weighted by Gasteiger charge is -2.16. The molecule has 6 heterocycles. The number of aryl methyl sites for hydroxylation is 1. The first kappa shape index (κ1) is 24.9. The van der Waals surface area contributed by atoms with Crippen LogP contribution in [0.5, 0.6) is 0 Å². The van der Waals surface area contributed by atoms with Crippen LogP contribution >= 0.6 is 0 Å². The zero-order valence-electron chi connectivity index (χ0n) is 24.1. The number of benzene rings is 2. The Labute approximate surface area is 254 Å². The molecule has 1 aliphatic carbocycles. The van der Waals surface area contributed by atoms with Crippen LogP contribution in [0.3, 0.4) is 0 Å². The van der Waals surface area contributed by atoms with E-state index >= 15 is 0 Å². The molecule has 0 atom stereocenters. The number of hydrogen-bond acceptors (Lipinski definition) is 4. The number of nitrogens with zero attached hydrogens (tertiary/aromatic N) is 6. The Bertz CT molecular complexity index is 2330. The lowest BCUT2D eigenvalue weighted by molar-refractivity contribution is 0.665. The highest BCUT2D eigenvalue weighted by Crippen LogP contribution is 2.42. The van der Waals surface area contributed by atoms with Gasteiger partial charge in [-0.25, -0.2) is 9.97 Å². The van der Waals surface area contributed by atoms with Crippen molar-refractivity contribution in [2.24, 2.45) is 0 Å². The van der Waals surface area contributed by atoms with Crippen molar-refractivity contribution in [3.63, 3.8) is 0 Å². The summed E-state index contributed by atoms with van der Waals surface area (Å²) in [5.41, 5.74) is 10.2. The zero-order valence-corrected chi connectivity index (χ0v) is 24.1. The number of para-hydroxylation sites is 1. The second kappa shape index (κ2) is 9.99. The molecule has 0 saturated carbocycles. The van der Waals surface area contributed by atoms with Crippen LogP contribution in [0.1, 0.15) is 24.1 Å². The fourth-order valence-corrected chi connectivity index (χ4v) is 7.03. The summed E-state index contributed by atoms with van der Waals surface area (Å²) in [6.45, 7) is 0. The number of pyridine rings is 4. The smallest absolute Gasteiger partial charge is 0.138 e. The second-order valence-corrected chi connectivity index (χ2v) is 11.4. The molecule has 9 rings (SSSR count). The van der Waals surface area contributed by atoms with E-state index in [0.29, 0.717) is 0 Å². The van der Waals surface area contributed by atoms with E-state index in [2.05, 4.69) is 104 Å². The fourth-order valence-electron chi connectivity index (χ4n) is 7.03. The normalized spacial score (nSPS) is 13.1. The SMILES string of the molecule is c1cncc(-c2cccc(-n3c4c(c5c3ccc3c6ccccc6n(-c6cccc(-c7cccnc7)n6)c35)CCCC4)n2)c1. The van der Waals surface area contributed by atoms with Gasteiger partial charge in [0.25, 0.3) is 0 Å². The molecular formula is C38H28N6. The lowest BCUT2D eigenvalue weighted by atomic mass is 9.94. The van der Waals surface area contributed by atoms with E-state index in [0.717, 1.165) is 52.5 Å². The molecular weight excluding hydrogens is 540 g/mol. The average molecular weight is 569 g/mol. The summed E-state index contributed by atoms with van der Waals surface area (Å²) in [4.78, 5) is 19.1. The van der Waals surface area contributed by atoms with E-state index in [1.54, 1.807) is 12.4 Å². The van der Waals surface area contributed by atoms with E-state index in [1.165, 1.54) is 51.3 Å². The minimum absolute atomic E-state index is 0.902. The maximum absolute atomic E-state index is 5.21. The highest BCUT2D eigenvalue weighted by atomic mass is 15.1. The molecule has 0 amide bonds. The van der Waals surface area contributed by atoms with Gasteiger partial charge in [-0.2, -0.15) is 0 Å². The van der Waals surface area contributed by atoms with Gasteiger partial charge in [-0.15, -0.1) is 0 Å². The highest BCUT2D eigenvalue weighted by molar-refractivity contribution is 6.19. The van der Waals surface area contributed by atoms with Crippen LogP contribution in [0.25, 0.3) is 66.9 Å². The first-order valence-corrected chi connectivity index (χ1v) is 15.2. The number of rotatable bonds is 4. The summed E-state index contributed by atoms with van der Waals surface area (Å²) in [5.74, 6) is 1.84. The van der Waals surface area contributed by atoms with Crippen molar-refractivity contribution in [3.05, 3.63) is 133 Å². The quantitative estimate of drug-likeness (QED) is 0.214. The van der Waals surface area contributed by atoms with Gasteiger partial charge < -0.3 is 0 Å². The van der Waals surface area contributed by atoms with Crippen LogP contribution in [0.15, 0.2) is 122 Å². The average Bonchev–Trinajstić information content (AvgIpc) is 3.62. The van der Waals surface area contributed by atoms with Crippen molar-refractivity contribution in [1.29, 1.82) is 0 Å². The van der Waals surface area contributed by atoms with E-state index in [9.17, 15) is 0 Å². The number of aromatic nitrogens is 6. The van der Waals surface area contributed by atoms with Gasteiger partial charge in [0.1, 0.15) is 11.6 Å². The van der Waals surface area contributed by atoms with Crippen LogP contribution in [-0.2, 0) is 12.8 Å². The maximum atomic E-state index is 5.21. The molecule has 0 fully saturated rings. The Kier molecular flexibility index (Phi) is 5.66. The first-order valence-electron chi connectivity index (χ1n) is 15.2. The second-order valence-electron chi connectivity index (χ2n) is 11.4. The molecule has 1 aliphatic rings. The van der Waals surface area contributed by atoms with Crippen molar-refractivity contribution in [2.45, 2.75) is 25.7 Å². The molecule has 2 aromatic carbocycles. The molecule has 0 saturated heterocycles. The van der Waals surface area contributed by atoms with E-state index in [4.69, 9.17) is 9.97 Å². The Hall–Kier alpha value is -5.62. The Balaban J connectivity index is 1.36. The minimum atomic E-state index is 0.902. The van der Waals surface area contributed by atoms with Gasteiger partial charge in [0.05, 0.1) is 27.9 Å². The van der Waals surface area contributed by atoms with Gasteiger partial charge >= 0.3 is 0 Å². The molecule has 6 aromatic heterocycles. The van der Waals surface area contributed by atoms with E-state index in [1.807, 2.05) is 24.5 Å². The molecule has 44 heavy (non-hydrogen) atoms. The summed E-state index contributed by atoms with van der Waals surface area (Å²) in [6, 6.07) is 33.9. The number of hydrogen-bond donors (Lipinski definition) is 0. The standard InChI is InChI=1S/C38H28N6/c1-3-15-32-27(11-1)28-19-20-34-37(38(28)44(32)36-18-6-14-31(42-36)26-10-8-22-40-24-26)29-12-2-4-16-33(29)43(34)35-17-5-13-30(41-35)25-9-7-21-39-23-25/h1,3,5-11,13-15,17-24H,2,4,12,16H2. The summed E-state index contributed by atoms with van der Waals surface area (Å²) in [5, 5.41) is 3.77. The van der Waals surface area contributed by atoms with Crippen molar-refractivity contribution in [1.82, 2.24) is 29.1 Å². The third kappa shape index (κ3) is 3.81. The largest absolute Gasteiger partial charge is 0.298 e. The van der Waals surface area contributed by atoms with Gasteiger partial charge in [-0.3, -0.25) is 19.1 Å². The molecule has 0 unspecified atom stereocenters. The molecule has 0 radical (unpaired) electrons. The first-order chi connectivity index (χ1) is 21.8. The fraction of sp³-hybridized carbons (Fsp3) is 0.105. The zero-order chi connectivity index (χ0) is 29.0. The van der Waals surface area contributed by atoms with Gasteiger partial charge in [-0.1, -0.05) is 36.4 Å². The lowest BCUT2D eigenvalue weighted by Crippen LogP contribution is -2.08. The Morgan fingerprint density at radius 2 is 1.20 bits per heavy atom. The molecule has 6 nitrogen and oxygen atoms in total. The predicted octanol–water partition coefficient (Wildman–Crippen LogP) is 8.52. The summed E-state index contributed by atoms with van der Waals surface area (Å²) in [7, 11) is 0. The summed E-state index contributed by atoms with van der Waals surface area (Å²) in [6.07, 6.45) is 11.8. The van der Waals surface area contributed by atoms with Crippen molar-refractivity contribution < 1.29 is 0 Å². The Morgan fingerprint density at radius 1 is 0.523 bits per heavy atom. The topological polar surface area (TPSA) is 61.4 Å². The third-order valence-corrected chi connectivity index (χ3v) is 8.91. The predicted molar refractivity (Wildman–Crippen MR) is 176 cm³/mol. The molecule has 0 spiro atoms. The molecule has 0 bridgehead atoms. The van der Waals surface area contributed by atoms with Gasteiger partial charge in [0, 0.05) is 57.8 Å². The van der Waals surface area contributed by atoms with Crippen molar-refractivity contribution in [2.75, 3.05) is 0 Å². The van der Waals surface area contributed by atoms with Crippen LogP contribution in [0.4, 0.5) is 0 Å². The van der Waals surface area contributed by atoms with E-state index < -0.39 is 0 Å². The van der Waals surface area contributed by atoms with Crippen LogP contribution in [0.2, 0.25) is 0 Å².